The summed E-state index contributed by atoms with van der Waals surface area (Å²) in [5.74, 6) is 0. The zero-order valence-corrected chi connectivity index (χ0v) is 10.8. The predicted molar refractivity (Wildman–Crippen MR) is 66.2 cm³/mol. The van der Waals surface area contributed by atoms with Crippen LogP contribution in [0.2, 0.25) is 0 Å². The van der Waals surface area contributed by atoms with Crippen LogP contribution in [0.25, 0.3) is 0 Å². The molecule has 0 aliphatic carbocycles. The first-order valence-corrected chi connectivity index (χ1v) is 6.60. The number of hydrogen-bond acceptors (Lipinski definition) is 5. The van der Waals surface area contributed by atoms with Gasteiger partial charge in [0.15, 0.2) is 5.13 Å². The molecule has 1 aromatic rings. The van der Waals surface area contributed by atoms with Crippen LogP contribution in [0.4, 0.5) is 5.13 Å². The third-order valence-electron chi connectivity index (χ3n) is 2.88. The predicted octanol–water partition coefficient (Wildman–Crippen LogP) is 2.26. The molecule has 0 spiro atoms. The van der Waals surface area contributed by atoms with Gasteiger partial charge >= 0.3 is 0 Å². The second kappa shape index (κ2) is 5.12. The molecule has 1 aliphatic heterocycles. The smallest absolute Gasteiger partial charge is 0.185 e. The Hall–Kier alpha value is -0.650. The van der Waals surface area contributed by atoms with E-state index in [-0.39, 0.29) is 0 Å². The van der Waals surface area contributed by atoms with Crippen molar-refractivity contribution in [2.24, 2.45) is 0 Å². The normalized spacial score (nSPS) is 17.1. The lowest BCUT2D eigenvalue weighted by atomic mass is 10.1. The molecule has 0 radical (unpaired) electrons. The van der Waals surface area contributed by atoms with E-state index in [1.54, 1.807) is 18.4 Å². The first kappa shape index (κ1) is 11.8. The van der Waals surface area contributed by atoms with Crippen LogP contribution in [0, 0.1) is 6.92 Å². The number of aryl methyl sites for hydroxylation is 1. The van der Waals surface area contributed by atoms with E-state index in [1.165, 1.54) is 24.3 Å². The fourth-order valence-electron chi connectivity index (χ4n) is 1.99. The zero-order valence-electron chi connectivity index (χ0n) is 9.94. The number of hydroxylamine groups is 2. The minimum Gasteiger partial charge on any atom is -0.348 e. The second-order valence-corrected chi connectivity index (χ2v) is 5.43. The van der Waals surface area contributed by atoms with Gasteiger partial charge in [-0.1, -0.05) is 0 Å². The monoisotopic (exact) mass is 241 g/mol. The first-order chi connectivity index (χ1) is 7.66. The van der Waals surface area contributed by atoms with Crippen molar-refractivity contribution in [2.75, 3.05) is 25.0 Å². The van der Waals surface area contributed by atoms with Crippen LogP contribution in [-0.2, 0) is 6.54 Å². The highest BCUT2D eigenvalue weighted by Crippen LogP contribution is 2.28. The molecule has 4 nitrogen and oxygen atoms in total. The minimum atomic E-state index is 0.567. The van der Waals surface area contributed by atoms with Gasteiger partial charge in [0.25, 0.3) is 0 Å². The highest BCUT2D eigenvalue weighted by Gasteiger charge is 2.16. The van der Waals surface area contributed by atoms with Crippen molar-refractivity contribution in [3.63, 3.8) is 0 Å². The van der Waals surface area contributed by atoms with Crippen LogP contribution >= 0.6 is 11.3 Å². The second-order valence-electron chi connectivity index (χ2n) is 4.37. The molecule has 5 heteroatoms. The molecule has 2 rings (SSSR count). The highest BCUT2D eigenvalue weighted by molar-refractivity contribution is 7.15. The van der Waals surface area contributed by atoms with Crippen LogP contribution in [-0.4, -0.2) is 35.4 Å². The molecular weight excluding hydrogens is 222 g/mol. The van der Waals surface area contributed by atoms with E-state index in [9.17, 15) is 5.21 Å². The quantitative estimate of drug-likeness (QED) is 0.824. The van der Waals surface area contributed by atoms with E-state index < -0.39 is 0 Å². The van der Waals surface area contributed by atoms with Gasteiger partial charge in [0.2, 0.25) is 0 Å². The summed E-state index contributed by atoms with van der Waals surface area (Å²) in [6, 6.07) is 0. The Balaban J connectivity index is 2.09. The van der Waals surface area contributed by atoms with Gasteiger partial charge in [-0.25, -0.2) is 4.98 Å². The third-order valence-corrected chi connectivity index (χ3v) is 4.08. The van der Waals surface area contributed by atoms with E-state index in [1.807, 2.05) is 6.92 Å². The molecule has 1 aromatic heterocycles. The zero-order chi connectivity index (χ0) is 11.5. The number of rotatable bonds is 3. The molecular formula is C11H19N3OS. The molecule has 2 heterocycles. The summed E-state index contributed by atoms with van der Waals surface area (Å²) in [5, 5.41) is 11.6. The molecule has 1 saturated heterocycles. The molecule has 0 amide bonds. The van der Waals surface area contributed by atoms with Gasteiger partial charge in [0.1, 0.15) is 0 Å². The fourth-order valence-corrected chi connectivity index (χ4v) is 3.15. The maximum absolute atomic E-state index is 9.25. The van der Waals surface area contributed by atoms with Gasteiger partial charge in [-0.05, 0) is 26.2 Å². The standard InChI is InChI=1S/C11H19N3OS/c1-9-10(8-13(2)15)16-11(12-9)14-6-4-3-5-7-14/h15H,3-8H2,1-2H3. The lowest BCUT2D eigenvalue weighted by molar-refractivity contribution is -0.0725. The van der Waals surface area contributed by atoms with E-state index in [4.69, 9.17) is 0 Å². The molecule has 0 unspecified atom stereocenters. The summed E-state index contributed by atoms with van der Waals surface area (Å²) in [6.45, 7) is 4.84. The lowest BCUT2D eigenvalue weighted by Crippen LogP contribution is -2.29. The Kier molecular flexibility index (Phi) is 3.78. The van der Waals surface area contributed by atoms with E-state index in [0.717, 1.165) is 28.8 Å². The molecule has 1 N–H and O–H groups in total. The molecule has 0 atom stereocenters. The van der Waals surface area contributed by atoms with Crippen molar-refractivity contribution in [1.29, 1.82) is 0 Å². The van der Waals surface area contributed by atoms with Crippen LogP contribution < -0.4 is 4.90 Å². The largest absolute Gasteiger partial charge is 0.348 e. The minimum absolute atomic E-state index is 0.567. The number of piperidine rings is 1. The number of thiazole rings is 1. The molecule has 1 aliphatic rings. The van der Waals surface area contributed by atoms with Crippen LogP contribution in [0.3, 0.4) is 0 Å². The molecule has 90 valence electrons. The van der Waals surface area contributed by atoms with Crippen molar-refractivity contribution < 1.29 is 5.21 Å². The summed E-state index contributed by atoms with van der Waals surface area (Å²) in [5.41, 5.74) is 1.05. The SMILES string of the molecule is Cc1nc(N2CCCCC2)sc1CN(C)O. The van der Waals surface area contributed by atoms with Crippen molar-refractivity contribution >= 4 is 16.5 Å². The Morgan fingerprint density at radius 3 is 2.69 bits per heavy atom. The Labute approximate surface area is 100 Å². The van der Waals surface area contributed by atoms with Gasteiger partial charge in [-0.3, -0.25) is 0 Å². The van der Waals surface area contributed by atoms with Gasteiger partial charge in [-0.15, -0.1) is 11.3 Å². The molecule has 16 heavy (non-hydrogen) atoms. The highest BCUT2D eigenvalue weighted by atomic mass is 32.1. The third kappa shape index (κ3) is 2.72. The Morgan fingerprint density at radius 2 is 2.06 bits per heavy atom. The summed E-state index contributed by atoms with van der Waals surface area (Å²) < 4.78 is 0. The van der Waals surface area contributed by atoms with Gasteiger partial charge < -0.3 is 10.1 Å². The number of hydrogen-bond donors (Lipinski definition) is 1. The Morgan fingerprint density at radius 1 is 1.38 bits per heavy atom. The van der Waals surface area contributed by atoms with Crippen LogP contribution in [0.15, 0.2) is 0 Å². The summed E-state index contributed by atoms with van der Waals surface area (Å²) in [6.07, 6.45) is 3.88. The van der Waals surface area contributed by atoms with Crippen LogP contribution in [0.5, 0.6) is 0 Å². The van der Waals surface area contributed by atoms with E-state index in [2.05, 4.69) is 9.88 Å². The molecule has 0 aromatic carbocycles. The average Bonchev–Trinajstić information content (AvgIpc) is 2.61. The fraction of sp³-hybridized carbons (Fsp3) is 0.727. The molecule has 0 bridgehead atoms. The van der Waals surface area contributed by atoms with Crippen molar-refractivity contribution in [3.05, 3.63) is 10.6 Å². The van der Waals surface area contributed by atoms with E-state index in [0.29, 0.717) is 6.54 Å². The number of nitrogens with zero attached hydrogens (tertiary/aromatic N) is 3. The van der Waals surface area contributed by atoms with Crippen molar-refractivity contribution in [3.8, 4) is 0 Å². The lowest BCUT2D eigenvalue weighted by Gasteiger charge is -2.25. The topological polar surface area (TPSA) is 39.6 Å². The van der Waals surface area contributed by atoms with Crippen LogP contribution in [0.1, 0.15) is 29.8 Å². The van der Waals surface area contributed by atoms with Gasteiger partial charge in [0, 0.05) is 25.0 Å². The molecule has 0 saturated carbocycles. The van der Waals surface area contributed by atoms with Crippen molar-refractivity contribution in [1.82, 2.24) is 10.0 Å². The van der Waals surface area contributed by atoms with Crippen molar-refractivity contribution in [2.45, 2.75) is 32.7 Å². The maximum atomic E-state index is 9.25. The maximum Gasteiger partial charge on any atom is 0.185 e. The van der Waals surface area contributed by atoms with Gasteiger partial charge in [-0.2, -0.15) is 5.06 Å². The summed E-state index contributed by atoms with van der Waals surface area (Å²) in [4.78, 5) is 8.12. The molecule has 1 fully saturated rings. The van der Waals surface area contributed by atoms with E-state index >= 15 is 0 Å². The average molecular weight is 241 g/mol. The number of anilines is 1. The Bertz CT molecular complexity index is 345. The first-order valence-electron chi connectivity index (χ1n) is 5.78. The number of aromatic nitrogens is 1. The van der Waals surface area contributed by atoms with Gasteiger partial charge in [0.05, 0.1) is 12.2 Å². The summed E-state index contributed by atoms with van der Waals surface area (Å²) >= 11 is 1.71. The summed E-state index contributed by atoms with van der Waals surface area (Å²) in [7, 11) is 1.67.